The Morgan fingerprint density at radius 3 is 2.31 bits per heavy atom. The summed E-state index contributed by atoms with van der Waals surface area (Å²) in [6.07, 6.45) is 1.53. The molecule has 0 aromatic heterocycles. The van der Waals surface area contributed by atoms with E-state index in [1.807, 2.05) is 43.3 Å². The number of fused-ring (bicyclic) bond motifs is 1. The molecule has 3 aromatic carbocycles. The summed E-state index contributed by atoms with van der Waals surface area (Å²) in [5.41, 5.74) is 3.61. The number of anilines is 1. The van der Waals surface area contributed by atoms with Gasteiger partial charge in [-0.05, 0) is 72.4 Å². The van der Waals surface area contributed by atoms with Crippen molar-refractivity contribution in [2.24, 2.45) is 0 Å². The summed E-state index contributed by atoms with van der Waals surface area (Å²) in [5, 5.41) is 10.3. The zero-order valence-corrected chi connectivity index (χ0v) is 18.2. The topological polar surface area (TPSA) is 106 Å². The molecule has 0 saturated heterocycles. The van der Waals surface area contributed by atoms with Gasteiger partial charge < -0.3 is 14.8 Å². The number of rotatable bonds is 5. The summed E-state index contributed by atoms with van der Waals surface area (Å²) in [4.78, 5) is 13.2. The third-order valence-corrected chi connectivity index (χ3v) is 6.99. The molecule has 2 aliphatic rings. The second-order valence-electron chi connectivity index (χ2n) is 8.16. The largest absolute Gasteiger partial charge is 0.454 e. The van der Waals surface area contributed by atoms with Crippen LogP contribution in [0.1, 0.15) is 24.0 Å². The molecule has 0 spiro atoms. The van der Waals surface area contributed by atoms with Crippen molar-refractivity contribution in [1.29, 1.82) is 0 Å². The minimum atomic E-state index is -4.00. The van der Waals surface area contributed by atoms with E-state index in [4.69, 9.17) is 14.6 Å². The van der Waals surface area contributed by atoms with E-state index >= 15 is 0 Å². The fourth-order valence-corrected chi connectivity index (χ4v) is 4.47. The van der Waals surface area contributed by atoms with Crippen LogP contribution in [0.4, 0.5) is 5.69 Å². The van der Waals surface area contributed by atoms with Gasteiger partial charge in [-0.3, -0.25) is 4.79 Å². The molecule has 2 N–H and O–H groups in total. The van der Waals surface area contributed by atoms with Gasteiger partial charge >= 0.3 is 0 Å². The fourth-order valence-electron chi connectivity index (χ4n) is 3.97. The van der Waals surface area contributed by atoms with Gasteiger partial charge in [-0.1, -0.05) is 30.3 Å². The van der Waals surface area contributed by atoms with Crippen molar-refractivity contribution in [3.63, 3.8) is 0 Å². The predicted molar refractivity (Wildman–Crippen MR) is 119 cm³/mol. The lowest BCUT2D eigenvalue weighted by atomic mass is 9.94. The zero-order valence-electron chi connectivity index (χ0n) is 17.3. The number of amides is 1. The van der Waals surface area contributed by atoms with Gasteiger partial charge in [-0.25, -0.2) is 8.42 Å². The third-order valence-electron chi connectivity index (χ3n) is 6.09. The number of nitrogens with one attached hydrogen (secondary N) is 2. The lowest BCUT2D eigenvalue weighted by Gasteiger charge is -2.18. The zero-order chi connectivity index (χ0) is 22.5. The van der Waals surface area contributed by atoms with Gasteiger partial charge in [0.1, 0.15) is 0 Å². The summed E-state index contributed by atoms with van der Waals surface area (Å²) in [5.74, 6) is 1.29. The van der Waals surface area contributed by atoms with E-state index in [0.717, 1.165) is 35.1 Å². The van der Waals surface area contributed by atoms with Gasteiger partial charge in [-0.15, -0.1) is 5.14 Å². The van der Waals surface area contributed by atoms with Crippen LogP contribution in [-0.2, 0) is 20.2 Å². The molecule has 0 bridgehead atoms. The van der Waals surface area contributed by atoms with Crippen LogP contribution < -0.4 is 19.9 Å². The Morgan fingerprint density at radius 2 is 1.62 bits per heavy atom. The highest BCUT2D eigenvalue weighted by atomic mass is 32.2. The number of benzene rings is 3. The van der Waals surface area contributed by atoms with Crippen molar-refractivity contribution in [3.8, 4) is 22.6 Å². The molecule has 1 heterocycles. The highest BCUT2D eigenvalue weighted by Crippen LogP contribution is 2.51. The van der Waals surface area contributed by atoms with Gasteiger partial charge in [0.25, 0.3) is 10.0 Å². The Kier molecular flexibility index (Phi) is 4.72. The summed E-state index contributed by atoms with van der Waals surface area (Å²) in [6.45, 7) is 2.12. The van der Waals surface area contributed by atoms with Gasteiger partial charge in [0.05, 0.1) is 10.3 Å². The Hall–Kier alpha value is -3.36. The average Bonchev–Trinajstić information content (AvgIpc) is 3.45. The molecule has 3 aromatic rings. The SMILES string of the molecule is Cc1ccc(-c2ccc(S([NH])(=O)=O)cc2)cc1NC(=O)C1(c2ccc3c(c2)OCO3)CC1. The van der Waals surface area contributed by atoms with Crippen molar-refractivity contribution >= 4 is 21.6 Å². The Bertz CT molecular complexity index is 1330. The van der Waals surface area contributed by atoms with Crippen LogP contribution in [0.2, 0.25) is 0 Å². The molecular weight excluding hydrogens is 428 g/mol. The number of sulfonamides is 1. The highest BCUT2D eigenvalue weighted by Gasteiger charge is 2.51. The van der Waals surface area contributed by atoms with Crippen molar-refractivity contribution in [2.45, 2.75) is 30.1 Å². The average molecular weight is 450 g/mol. The number of carbonyl (C=O) groups is 1. The Balaban J connectivity index is 1.40. The summed E-state index contributed by atoms with van der Waals surface area (Å²) in [6, 6.07) is 17.5. The molecule has 1 aliphatic heterocycles. The molecule has 1 amide bonds. The molecule has 1 aliphatic carbocycles. The number of hydrogen-bond acceptors (Lipinski definition) is 5. The first-order valence-corrected chi connectivity index (χ1v) is 11.7. The third kappa shape index (κ3) is 3.61. The van der Waals surface area contributed by atoms with Crippen LogP contribution in [0.5, 0.6) is 11.5 Å². The summed E-state index contributed by atoms with van der Waals surface area (Å²) >= 11 is 0. The highest BCUT2D eigenvalue weighted by molar-refractivity contribution is 7.88. The molecule has 1 fully saturated rings. The summed E-state index contributed by atoms with van der Waals surface area (Å²) < 4.78 is 33.6. The first-order valence-electron chi connectivity index (χ1n) is 10.2. The van der Waals surface area contributed by atoms with Crippen molar-refractivity contribution in [2.75, 3.05) is 12.1 Å². The normalized spacial score (nSPS) is 15.9. The molecular formula is C24H21N2O5S. The molecule has 7 nitrogen and oxygen atoms in total. The van der Waals surface area contributed by atoms with E-state index in [-0.39, 0.29) is 17.6 Å². The number of carbonyl (C=O) groups excluding carboxylic acids is 1. The van der Waals surface area contributed by atoms with E-state index in [2.05, 4.69) is 5.32 Å². The van der Waals surface area contributed by atoms with E-state index < -0.39 is 15.4 Å². The molecule has 8 heteroatoms. The summed E-state index contributed by atoms with van der Waals surface area (Å²) in [7, 11) is -4.00. The van der Waals surface area contributed by atoms with Crippen LogP contribution in [0.3, 0.4) is 0 Å². The van der Waals surface area contributed by atoms with E-state index in [1.165, 1.54) is 12.1 Å². The van der Waals surface area contributed by atoms with Crippen LogP contribution in [-0.4, -0.2) is 21.1 Å². The van der Waals surface area contributed by atoms with Crippen LogP contribution in [0, 0.1) is 6.92 Å². The predicted octanol–water partition coefficient (Wildman–Crippen LogP) is 4.03. The minimum Gasteiger partial charge on any atom is -0.454 e. The van der Waals surface area contributed by atoms with Crippen molar-refractivity contribution in [3.05, 3.63) is 71.8 Å². The van der Waals surface area contributed by atoms with Crippen LogP contribution in [0.25, 0.3) is 11.1 Å². The quantitative estimate of drug-likeness (QED) is 0.633. The molecule has 0 atom stereocenters. The van der Waals surface area contributed by atoms with E-state index in [0.29, 0.717) is 17.2 Å². The van der Waals surface area contributed by atoms with Crippen molar-refractivity contribution in [1.82, 2.24) is 5.14 Å². The first-order chi connectivity index (χ1) is 15.3. The molecule has 5 rings (SSSR count). The van der Waals surface area contributed by atoms with E-state index in [9.17, 15) is 13.2 Å². The molecule has 1 radical (unpaired) electrons. The number of ether oxygens (including phenoxy) is 2. The van der Waals surface area contributed by atoms with Gasteiger partial charge in [-0.2, -0.15) is 0 Å². The maximum absolute atomic E-state index is 13.3. The van der Waals surface area contributed by atoms with Gasteiger partial charge in [0.15, 0.2) is 11.5 Å². The van der Waals surface area contributed by atoms with Gasteiger partial charge in [0, 0.05) is 5.69 Å². The number of hydrogen-bond donors (Lipinski definition) is 1. The molecule has 163 valence electrons. The fraction of sp³-hybridized carbons (Fsp3) is 0.208. The molecule has 0 unspecified atom stereocenters. The molecule has 32 heavy (non-hydrogen) atoms. The molecule has 1 saturated carbocycles. The van der Waals surface area contributed by atoms with Crippen molar-refractivity contribution < 1.29 is 22.7 Å². The number of aryl methyl sites for hydroxylation is 1. The van der Waals surface area contributed by atoms with Crippen LogP contribution >= 0.6 is 0 Å². The standard InChI is InChI=1S/C24H21N2O5S/c1-15-2-3-17(16-4-7-19(8-5-16)32(25,28)29)12-20(15)26-23(27)24(10-11-24)18-6-9-21-22(13-18)31-14-30-21/h2-9,12-13,25H,10-11,14H2,1H3,(H,26,27). The lowest BCUT2D eigenvalue weighted by molar-refractivity contribution is -0.118. The second kappa shape index (κ2) is 7.36. The Morgan fingerprint density at radius 1 is 0.938 bits per heavy atom. The Labute approximate surface area is 186 Å². The second-order valence-corrected chi connectivity index (χ2v) is 9.64. The van der Waals surface area contributed by atoms with Crippen LogP contribution in [0.15, 0.2) is 65.6 Å². The monoisotopic (exact) mass is 449 g/mol. The van der Waals surface area contributed by atoms with E-state index in [1.54, 1.807) is 12.1 Å². The van der Waals surface area contributed by atoms with Gasteiger partial charge in [0.2, 0.25) is 12.7 Å². The minimum absolute atomic E-state index is 0.0544. The smallest absolute Gasteiger partial charge is 0.254 e. The first kappa shape index (κ1) is 20.5. The maximum Gasteiger partial charge on any atom is 0.254 e. The lowest BCUT2D eigenvalue weighted by Crippen LogP contribution is -2.28. The maximum atomic E-state index is 13.3.